The molecule has 4 rings (SSSR count). The lowest BCUT2D eigenvalue weighted by molar-refractivity contribution is 0.235. The van der Waals surface area contributed by atoms with Crippen molar-refractivity contribution in [1.29, 1.82) is 0 Å². The molecule has 3 N–H and O–H groups in total. The van der Waals surface area contributed by atoms with E-state index in [9.17, 15) is 0 Å². The van der Waals surface area contributed by atoms with Crippen LogP contribution in [0.4, 0.5) is 0 Å². The summed E-state index contributed by atoms with van der Waals surface area (Å²) in [5.74, 6) is 1.83. The summed E-state index contributed by atoms with van der Waals surface area (Å²) in [6.45, 7) is 1.63. The number of nitrogens with zero attached hydrogens (tertiary/aromatic N) is 1. The number of nitrogens with one attached hydrogen (secondary N) is 3. The zero-order valence-corrected chi connectivity index (χ0v) is 15.7. The summed E-state index contributed by atoms with van der Waals surface area (Å²) in [4.78, 5) is 7.65. The van der Waals surface area contributed by atoms with Gasteiger partial charge in [-0.1, -0.05) is 36.4 Å². The predicted molar refractivity (Wildman–Crippen MR) is 111 cm³/mol. The van der Waals surface area contributed by atoms with Gasteiger partial charge in [0, 0.05) is 37.1 Å². The molecule has 1 unspecified atom stereocenters. The number of aliphatic imine (C=N–C) groups is 1. The van der Waals surface area contributed by atoms with E-state index in [0.29, 0.717) is 0 Å². The molecule has 1 aromatic heterocycles. The molecule has 1 aliphatic rings. The van der Waals surface area contributed by atoms with Crippen LogP contribution in [0.25, 0.3) is 10.9 Å². The van der Waals surface area contributed by atoms with E-state index in [1.54, 1.807) is 7.05 Å². The molecule has 0 saturated carbocycles. The van der Waals surface area contributed by atoms with Crippen molar-refractivity contribution in [2.75, 3.05) is 20.1 Å². The van der Waals surface area contributed by atoms with Gasteiger partial charge in [0.1, 0.15) is 11.9 Å². The number of fused-ring (bicyclic) bond motifs is 2. The minimum absolute atomic E-state index is 0.159. The van der Waals surface area contributed by atoms with Gasteiger partial charge in [-0.15, -0.1) is 0 Å². The van der Waals surface area contributed by atoms with Crippen molar-refractivity contribution in [3.8, 4) is 5.75 Å². The van der Waals surface area contributed by atoms with Crippen molar-refractivity contribution in [1.82, 2.24) is 15.6 Å². The fraction of sp³-hybridized carbons (Fsp3) is 0.318. The van der Waals surface area contributed by atoms with Crippen LogP contribution in [0.15, 0.2) is 59.7 Å². The van der Waals surface area contributed by atoms with Crippen LogP contribution >= 0.6 is 0 Å². The summed E-state index contributed by atoms with van der Waals surface area (Å²) in [5.41, 5.74) is 3.86. The van der Waals surface area contributed by atoms with Gasteiger partial charge in [-0.05, 0) is 36.1 Å². The maximum atomic E-state index is 5.97. The second-order valence-corrected chi connectivity index (χ2v) is 6.89. The fourth-order valence-electron chi connectivity index (χ4n) is 3.62. The van der Waals surface area contributed by atoms with Gasteiger partial charge in [-0.3, -0.25) is 4.99 Å². The molecule has 2 aromatic carbocycles. The molecule has 3 aromatic rings. The number of aromatic amines is 1. The number of guanidine groups is 1. The van der Waals surface area contributed by atoms with Crippen LogP contribution in [0.1, 0.15) is 17.5 Å². The number of aryl methyl sites for hydroxylation is 1. The Morgan fingerprint density at radius 3 is 2.89 bits per heavy atom. The monoisotopic (exact) mass is 362 g/mol. The highest BCUT2D eigenvalue weighted by atomic mass is 16.5. The number of para-hydroxylation sites is 2. The molecule has 0 aliphatic carbocycles. The summed E-state index contributed by atoms with van der Waals surface area (Å²) in [7, 11) is 1.80. The molecule has 1 atom stereocenters. The summed E-state index contributed by atoms with van der Waals surface area (Å²) >= 11 is 0. The third-order valence-electron chi connectivity index (χ3n) is 5.02. The van der Waals surface area contributed by atoms with Crippen molar-refractivity contribution in [2.24, 2.45) is 4.99 Å². The van der Waals surface area contributed by atoms with Crippen molar-refractivity contribution in [3.05, 3.63) is 65.9 Å². The molecule has 5 heteroatoms. The summed E-state index contributed by atoms with van der Waals surface area (Å²) in [6, 6.07) is 16.7. The van der Waals surface area contributed by atoms with Gasteiger partial charge in [-0.2, -0.15) is 0 Å². The van der Waals surface area contributed by atoms with Crippen LogP contribution in [0, 0.1) is 0 Å². The minimum Gasteiger partial charge on any atom is -0.488 e. The molecule has 0 bridgehead atoms. The Morgan fingerprint density at radius 1 is 1.15 bits per heavy atom. The average molecular weight is 362 g/mol. The Hall–Kier alpha value is -2.95. The first-order valence-electron chi connectivity index (χ1n) is 9.57. The van der Waals surface area contributed by atoms with Crippen LogP contribution < -0.4 is 15.4 Å². The normalized spacial score (nSPS) is 16.2. The minimum atomic E-state index is 0.159. The smallest absolute Gasteiger partial charge is 0.191 e. The molecule has 5 nitrogen and oxygen atoms in total. The standard InChI is InChI=1S/C22H26N4O/c1-23-22(26-15-18-13-16-7-2-5-11-21(16)27-18)24-12-6-8-17-14-25-20-10-4-3-9-19(17)20/h2-5,7,9-11,14,18,25H,6,8,12-13,15H2,1H3,(H2,23,24,26). The van der Waals surface area contributed by atoms with E-state index < -0.39 is 0 Å². The summed E-state index contributed by atoms with van der Waals surface area (Å²) < 4.78 is 5.97. The van der Waals surface area contributed by atoms with Crippen LogP contribution in [0.5, 0.6) is 5.75 Å². The van der Waals surface area contributed by atoms with Crippen LogP contribution in [0.2, 0.25) is 0 Å². The molecule has 2 heterocycles. The van der Waals surface area contributed by atoms with E-state index in [1.807, 2.05) is 12.1 Å². The van der Waals surface area contributed by atoms with E-state index in [1.165, 1.54) is 22.0 Å². The van der Waals surface area contributed by atoms with Gasteiger partial charge in [0.25, 0.3) is 0 Å². The van der Waals surface area contributed by atoms with E-state index in [-0.39, 0.29) is 6.10 Å². The number of H-pyrrole nitrogens is 1. The zero-order chi connectivity index (χ0) is 18.5. The predicted octanol–water partition coefficient (Wildman–Crippen LogP) is 3.27. The number of aromatic nitrogens is 1. The van der Waals surface area contributed by atoms with Gasteiger partial charge >= 0.3 is 0 Å². The lowest BCUT2D eigenvalue weighted by atomic mass is 10.1. The van der Waals surface area contributed by atoms with Gasteiger partial charge in [0.05, 0.1) is 6.54 Å². The average Bonchev–Trinajstić information content (AvgIpc) is 3.31. The highest BCUT2D eigenvalue weighted by Crippen LogP contribution is 2.27. The molecule has 0 amide bonds. The summed E-state index contributed by atoms with van der Waals surface area (Å²) in [5, 5.41) is 8.09. The van der Waals surface area contributed by atoms with E-state index >= 15 is 0 Å². The van der Waals surface area contributed by atoms with Gasteiger partial charge in [0.2, 0.25) is 0 Å². The Morgan fingerprint density at radius 2 is 2.00 bits per heavy atom. The number of benzene rings is 2. The SMILES string of the molecule is CN=C(NCCCc1c[nH]c2ccccc12)NCC1Cc2ccccc2O1. The lowest BCUT2D eigenvalue weighted by Gasteiger charge is -2.15. The van der Waals surface area contributed by atoms with Crippen LogP contribution in [-0.4, -0.2) is 37.2 Å². The summed E-state index contributed by atoms with van der Waals surface area (Å²) in [6.07, 6.45) is 5.31. The molecule has 140 valence electrons. The highest BCUT2D eigenvalue weighted by Gasteiger charge is 2.22. The second kappa shape index (κ2) is 8.16. The number of rotatable bonds is 6. The quantitative estimate of drug-likeness (QED) is 0.358. The number of hydrogen-bond acceptors (Lipinski definition) is 2. The van der Waals surface area contributed by atoms with Gasteiger partial charge in [-0.25, -0.2) is 0 Å². The van der Waals surface area contributed by atoms with Crippen molar-refractivity contribution < 1.29 is 4.74 Å². The van der Waals surface area contributed by atoms with Crippen LogP contribution in [0.3, 0.4) is 0 Å². The Bertz CT molecular complexity index is 906. The maximum absolute atomic E-state index is 5.97. The molecule has 0 saturated heterocycles. The largest absolute Gasteiger partial charge is 0.488 e. The highest BCUT2D eigenvalue weighted by molar-refractivity contribution is 5.83. The Balaban J connectivity index is 1.20. The second-order valence-electron chi connectivity index (χ2n) is 6.89. The molecular weight excluding hydrogens is 336 g/mol. The molecule has 1 aliphatic heterocycles. The van der Waals surface area contributed by atoms with E-state index in [2.05, 4.69) is 63.2 Å². The van der Waals surface area contributed by atoms with Crippen LogP contribution in [-0.2, 0) is 12.8 Å². The molecule has 0 spiro atoms. The molecule has 27 heavy (non-hydrogen) atoms. The maximum Gasteiger partial charge on any atom is 0.191 e. The van der Waals surface area contributed by atoms with Gasteiger partial charge in [0.15, 0.2) is 5.96 Å². The number of ether oxygens (including phenoxy) is 1. The molecular formula is C22H26N4O. The third-order valence-corrected chi connectivity index (χ3v) is 5.02. The first-order chi connectivity index (χ1) is 13.3. The van der Waals surface area contributed by atoms with Crippen molar-refractivity contribution in [2.45, 2.75) is 25.4 Å². The zero-order valence-electron chi connectivity index (χ0n) is 15.7. The van der Waals surface area contributed by atoms with Gasteiger partial charge < -0.3 is 20.4 Å². The lowest BCUT2D eigenvalue weighted by Crippen LogP contribution is -2.42. The first kappa shape index (κ1) is 17.5. The molecule has 0 radical (unpaired) electrons. The number of hydrogen-bond donors (Lipinski definition) is 3. The topological polar surface area (TPSA) is 61.4 Å². The fourth-order valence-corrected chi connectivity index (χ4v) is 3.62. The van der Waals surface area contributed by atoms with E-state index in [4.69, 9.17) is 4.74 Å². The third kappa shape index (κ3) is 4.08. The molecule has 0 fully saturated rings. The van der Waals surface area contributed by atoms with Crippen molar-refractivity contribution >= 4 is 16.9 Å². The van der Waals surface area contributed by atoms with E-state index in [0.717, 1.165) is 44.1 Å². The van der Waals surface area contributed by atoms with Crippen molar-refractivity contribution in [3.63, 3.8) is 0 Å². The Labute approximate surface area is 159 Å². The first-order valence-corrected chi connectivity index (χ1v) is 9.57. The Kier molecular flexibility index (Phi) is 5.28.